The molecule has 0 spiro atoms. The standard InChI is InChI=1S/C48H48FN7O7/c1-28(2)43(54-47(60)62-27-37-35-16-9-7-14-33(35)34-15-8-10-17-36(34)37)45(58)61-26-29-12-11-13-30(22-29)56-42(25-41(55-56)48(3,4)5)53-46(59)52-39-19-18-31(23-38(39)49)63-32-20-21-51-40(24-32)44(57)50-6/h7-25,28,37,43H,26-27H2,1-6H3,(H,50,57)(H,54,60)(H2,52,53,59)/t43-/m0/s1. The van der Waals surface area contributed by atoms with Gasteiger partial charge in [0.2, 0.25) is 0 Å². The molecule has 0 radical (unpaired) electrons. The number of hydrogen-bond donors (Lipinski definition) is 4. The van der Waals surface area contributed by atoms with Crippen molar-refractivity contribution in [3.05, 3.63) is 149 Å². The number of esters is 1. The van der Waals surface area contributed by atoms with Crippen LogP contribution in [0.15, 0.2) is 115 Å². The first-order valence-corrected chi connectivity index (χ1v) is 20.4. The first kappa shape index (κ1) is 43.5. The summed E-state index contributed by atoms with van der Waals surface area (Å²) in [6.45, 7) is 9.53. The van der Waals surface area contributed by atoms with E-state index < -0.39 is 41.3 Å². The van der Waals surface area contributed by atoms with Gasteiger partial charge in [0.25, 0.3) is 5.91 Å². The van der Waals surface area contributed by atoms with Crippen LogP contribution in [0.4, 0.5) is 25.5 Å². The number of alkyl carbamates (subject to hydrolysis) is 1. The number of ether oxygens (including phenoxy) is 3. The van der Waals surface area contributed by atoms with E-state index in [4.69, 9.17) is 19.3 Å². The second-order valence-electron chi connectivity index (χ2n) is 16.3. The molecule has 0 fully saturated rings. The Balaban J connectivity index is 0.984. The topological polar surface area (TPSA) is 175 Å². The lowest BCUT2D eigenvalue weighted by Crippen LogP contribution is -2.45. The van der Waals surface area contributed by atoms with Crippen LogP contribution in [-0.2, 0) is 26.3 Å². The van der Waals surface area contributed by atoms with Gasteiger partial charge in [-0.3, -0.25) is 15.1 Å². The molecule has 0 unspecified atom stereocenters. The molecule has 1 aliphatic carbocycles. The van der Waals surface area contributed by atoms with Gasteiger partial charge in [-0.15, -0.1) is 0 Å². The van der Waals surface area contributed by atoms with E-state index in [2.05, 4.69) is 38.4 Å². The number of anilines is 2. The zero-order valence-corrected chi connectivity index (χ0v) is 35.7. The minimum Gasteiger partial charge on any atom is -0.459 e. The second-order valence-corrected chi connectivity index (χ2v) is 16.3. The molecule has 2 heterocycles. The molecular weight excluding hydrogens is 806 g/mol. The highest BCUT2D eigenvalue weighted by molar-refractivity contribution is 5.99. The van der Waals surface area contributed by atoms with Crippen molar-refractivity contribution < 1.29 is 37.8 Å². The number of pyridine rings is 1. The predicted octanol–water partition coefficient (Wildman–Crippen LogP) is 9.11. The van der Waals surface area contributed by atoms with Gasteiger partial charge in [-0.25, -0.2) is 23.5 Å². The Bertz CT molecular complexity index is 2630. The molecule has 2 aromatic heterocycles. The number of carbonyl (C=O) groups excluding carboxylic acids is 4. The van der Waals surface area contributed by atoms with Crippen molar-refractivity contribution in [2.75, 3.05) is 24.3 Å². The molecule has 0 aliphatic heterocycles. The van der Waals surface area contributed by atoms with Crippen molar-refractivity contribution in [2.24, 2.45) is 5.92 Å². The van der Waals surface area contributed by atoms with E-state index in [1.54, 1.807) is 44.2 Å². The van der Waals surface area contributed by atoms with Crippen LogP contribution in [0.25, 0.3) is 16.8 Å². The van der Waals surface area contributed by atoms with Crippen LogP contribution < -0.4 is 26.0 Å². The predicted molar refractivity (Wildman–Crippen MR) is 236 cm³/mol. The first-order valence-electron chi connectivity index (χ1n) is 20.4. The molecular formula is C48H48FN7O7. The van der Waals surface area contributed by atoms with Crippen LogP contribution in [0, 0.1) is 11.7 Å². The Hall–Kier alpha value is -7.55. The van der Waals surface area contributed by atoms with E-state index in [1.165, 1.54) is 42.2 Å². The highest BCUT2D eigenvalue weighted by atomic mass is 19.1. The average Bonchev–Trinajstić information content (AvgIpc) is 3.84. The molecule has 0 saturated carbocycles. The molecule has 324 valence electrons. The number of aromatic nitrogens is 3. The maximum Gasteiger partial charge on any atom is 0.407 e. The third-order valence-corrected chi connectivity index (χ3v) is 10.4. The van der Waals surface area contributed by atoms with Crippen molar-refractivity contribution in [1.82, 2.24) is 25.4 Å². The van der Waals surface area contributed by atoms with Crippen LogP contribution in [0.5, 0.6) is 11.5 Å². The smallest absolute Gasteiger partial charge is 0.407 e. The lowest BCUT2D eigenvalue weighted by Gasteiger charge is -2.21. The summed E-state index contributed by atoms with van der Waals surface area (Å²) in [4.78, 5) is 55.8. The van der Waals surface area contributed by atoms with Crippen molar-refractivity contribution in [3.63, 3.8) is 0 Å². The van der Waals surface area contributed by atoms with E-state index in [1.807, 2.05) is 57.2 Å². The fourth-order valence-electron chi connectivity index (χ4n) is 7.11. The first-order chi connectivity index (χ1) is 30.2. The summed E-state index contributed by atoms with van der Waals surface area (Å²) in [7, 11) is 1.48. The SMILES string of the molecule is CNC(=O)c1cc(Oc2ccc(NC(=O)Nc3cc(C(C)(C)C)nn3-c3cccc(COC(=O)[C@@H](NC(=O)OCC4c5ccccc5-c5ccccc54)C(C)C)c3)c(F)c2)ccn1. The fourth-order valence-corrected chi connectivity index (χ4v) is 7.11. The normalized spacial score (nSPS) is 12.4. The minimum atomic E-state index is -0.975. The van der Waals surface area contributed by atoms with Crippen molar-refractivity contribution in [3.8, 4) is 28.3 Å². The third-order valence-electron chi connectivity index (χ3n) is 10.4. The van der Waals surface area contributed by atoms with Crippen molar-refractivity contribution in [1.29, 1.82) is 0 Å². The largest absolute Gasteiger partial charge is 0.459 e. The van der Waals surface area contributed by atoms with E-state index in [0.717, 1.165) is 28.3 Å². The van der Waals surface area contributed by atoms with Crippen LogP contribution in [-0.4, -0.2) is 58.5 Å². The summed E-state index contributed by atoms with van der Waals surface area (Å²) in [6.07, 6.45) is 0.678. The molecule has 0 bridgehead atoms. The average molecular weight is 854 g/mol. The summed E-state index contributed by atoms with van der Waals surface area (Å²) in [5, 5.41) is 15.3. The van der Waals surface area contributed by atoms with Gasteiger partial charge in [-0.2, -0.15) is 5.10 Å². The number of urea groups is 1. The fraction of sp³-hybridized carbons (Fsp3) is 0.250. The van der Waals surface area contributed by atoms with Gasteiger partial charge < -0.3 is 30.2 Å². The number of fused-ring (bicyclic) bond motifs is 3. The van der Waals surface area contributed by atoms with Gasteiger partial charge in [0.15, 0.2) is 0 Å². The van der Waals surface area contributed by atoms with E-state index >= 15 is 4.39 Å². The molecule has 4 amide bonds. The Morgan fingerprint density at radius 1 is 0.810 bits per heavy atom. The van der Waals surface area contributed by atoms with Crippen LogP contribution in [0.1, 0.15) is 73.4 Å². The number of hydrogen-bond acceptors (Lipinski definition) is 9. The number of carbonyl (C=O) groups is 4. The molecule has 1 aliphatic rings. The molecule has 14 nitrogen and oxygen atoms in total. The molecule has 63 heavy (non-hydrogen) atoms. The molecule has 7 rings (SSSR count). The summed E-state index contributed by atoms with van der Waals surface area (Å²) in [6, 6.07) is 30.1. The Morgan fingerprint density at radius 3 is 2.17 bits per heavy atom. The van der Waals surface area contributed by atoms with E-state index in [-0.39, 0.29) is 47.9 Å². The lowest BCUT2D eigenvalue weighted by molar-refractivity contribution is -0.148. The number of nitrogens with zero attached hydrogens (tertiary/aromatic N) is 3. The molecule has 0 saturated heterocycles. The number of nitrogens with one attached hydrogen (secondary N) is 4. The van der Waals surface area contributed by atoms with Crippen molar-refractivity contribution in [2.45, 2.75) is 58.6 Å². The van der Waals surface area contributed by atoms with Gasteiger partial charge >= 0.3 is 18.1 Å². The highest BCUT2D eigenvalue weighted by Gasteiger charge is 2.31. The highest BCUT2D eigenvalue weighted by Crippen LogP contribution is 2.44. The Labute approximate surface area is 364 Å². The number of benzene rings is 4. The molecule has 4 N–H and O–H groups in total. The lowest BCUT2D eigenvalue weighted by atomic mass is 9.92. The Morgan fingerprint density at radius 2 is 1.51 bits per heavy atom. The zero-order valence-electron chi connectivity index (χ0n) is 35.7. The minimum absolute atomic E-state index is 0.103. The number of halogens is 1. The number of amides is 4. The van der Waals surface area contributed by atoms with E-state index in [0.29, 0.717) is 22.8 Å². The van der Waals surface area contributed by atoms with Crippen LogP contribution >= 0.6 is 0 Å². The van der Waals surface area contributed by atoms with Gasteiger partial charge in [-0.05, 0) is 64.1 Å². The quantitative estimate of drug-likeness (QED) is 0.0826. The van der Waals surface area contributed by atoms with Gasteiger partial charge in [0.1, 0.15) is 48.1 Å². The molecule has 4 aromatic carbocycles. The summed E-state index contributed by atoms with van der Waals surface area (Å²) >= 11 is 0. The summed E-state index contributed by atoms with van der Waals surface area (Å²) < 4.78 is 33.9. The van der Waals surface area contributed by atoms with Gasteiger partial charge in [0.05, 0.1) is 17.1 Å². The molecule has 1 atom stereocenters. The van der Waals surface area contributed by atoms with E-state index in [9.17, 15) is 19.2 Å². The second kappa shape index (κ2) is 18.6. The zero-order chi connectivity index (χ0) is 44.8. The maximum absolute atomic E-state index is 15.3. The number of rotatable bonds is 13. The van der Waals surface area contributed by atoms with Crippen LogP contribution in [0.2, 0.25) is 0 Å². The van der Waals surface area contributed by atoms with Gasteiger partial charge in [0, 0.05) is 42.8 Å². The molecule has 6 aromatic rings. The van der Waals surface area contributed by atoms with Crippen molar-refractivity contribution >= 4 is 35.5 Å². The maximum atomic E-state index is 15.3. The van der Waals surface area contributed by atoms with Crippen LogP contribution in [0.3, 0.4) is 0 Å². The summed E-state index contributed by atoms with van der Waals surface area (Å²) in [5.41, 5.74) is 5.83. The third kappa shape index (κ3) is 10.2. The van der Waals surface area contributed by atoms with Gasteiger partial charge in [-0.1, -0.05) is 95.3 Å². The summed E-state index contributed by atoms with van der Waals surface area (Å²) in [5.74, 6) is -1.52. The Kier molecular flexibility index (Phi) is 12.9. The molecule has 15 heteroatoms. The monoisotopic (exact) mass is 853 g/mol.